The summed E-state index contributed by atoms with van der Waals surface area (Å²) in [6, 6.07) is 12.3. The standard InChI is InChI=1S/C24H33N5O2/c1-4-25-24(26-12-11-21-18-29-13-6-5-8-23(29)28-21)27-17-20-10-9-19(2)16-22(20)31-15-7-14-30-3/h5-6,8-10,13,16,18H,4,7,11-12,14-15,17H2,1-3H3,(H2,25,26,27). The molecule has 2 heterocycles. The molecule has 0 unspecified atom stereocenters. The van der Waals surface area contributed by atoms with Crippen LogP contribution in [0.15, 0.2) is 53.8 Å². The van der Waals surface area contributed by atoms with E-state index >= 15 is 0 Å². The maximum absolute atomic E-state index is 5.98. The number of benzene rings is 1. The number of hydrogen-bond acceptors (Lipinski definition) is 4. The van der Waals surface area contributed by atoms with Crippen molar-refractivity contribution in [1.82, 2.24) is 20.0 Å². The van der Waals surface area contributed by atoms with Crippen LogP contribution in [-0.2, 0) is 17.7 Å². The average Bonchev–Trinajstić information content (AvgIpc) is 3.19. The fraction of sp³-hybridized carbons (Fsp3) is 0.417. The Morgan fingerprint density at radius 2 is 2.06 bits per heavy atom. The van der Waals surface area contributed by atoms with E-state index in [1.165, 1.54) is 5.56 Å². The number of aliphatic imine (C=N–C) groups is 1. The molecular formula is C24H33N5O2. The van der Waals surface area contributed by atoms with E-state index in [2.05, 4.69) is 53.9 Å². The van der Waals surface area contributed by atoms with Crippen LogP contribution in [0.4, 0.5) is 0 Å². The van der Waals surface area contributed by atoms with Gasteiger partial charge in [-0.25, -0.2) is 9.98 Å². The third-order valence-corrected chi connectivity index (χ3v) is 4.81. The van der Waals surface area contributed by atoms with Crippen molar-refractivity contribution >= 4 is 11.6 Å². The monoisotopic (exact) mass is 423 g/mol. The number of fused-ring (bicyclic) bond motifs is 1. The number of hydrogen-bond donors (Lipinski definition) is 2. The van der Waals surface area contributed by atoms with Gasteiger partial charge in [-0.3, -0.25) is 0 Å². The van der Waals surface area contributed by atoms with Crippen LogP contribution in [0.1, 0.15) is 30.2 Å². The highest BCUT2D eigenvalue weighted by Crippen LogP contribution is 2.21. The Balaban J connectivity index is 1.58. The fourth-order valence-electron chi connectivity index (χ4n) is 3.23. The SMILES string of the molecule is CCNC(=NCc1ccc(C)cc1OCCCOC)NCCc1cn2ccccc2n1. The Labute approximate surface area is 184 Å². The van der Waals surface area contributed by atoms with Gasteiger partial charge in [-0.1, -0.05) is 18.2 Å². The van der Waals surface area contributed by atoms with E-state index in [1.54, 1.807) is 7.11 Å². The second-order valence-corrected chi connectivity index (χ2v) is 7.38. The van der Waals surface area contributed by atoms with E-state index in [4.69, 9.17) is 14.5 Å². The van der Waals surface area contributed by atoms with Crippen LogP contribution in [0.2, 0.25) is 0 Å². The number of aromatic nitrogens is 2. The molecule has 0 aliphatic carbocycles. The molecule has 0 aliphatic heterocycles. The van der Waals surface area contributed by atoms with Crippen molar-refractivity contribution in [2.24, 2.45) is 4.99 Å². The van der Waals surface area contributed by atoms with Crippen molar-refractivity contribution in [2.75, 3.05) is 33.4 Å². The molecule has 7 heteroatoms. The molecule has 3 aromatic rings. The van der Waals surface area contributed by atoms with E-state index in [0.29, 0.717) is 19.8 Å². The topological polar surface area (TPSA) is 72.2 Å². The molecule has 7 nitrogen and oxygen atoms in total. The third kappa shape index (κ3) is 7.00. The Kier molecular flexibility index (Phi) is 8.72. The van der Waals surface area contributed by atoms with Crippen LogP contribution in [-0.4, -0.2) is 48.8 Å². The van der Waals surface area contributed by atoms with Gasteiger partial charge in [0.1, 0.15) is 11.4 Å². The number of methoxy groups -OCH3 is 1. The van der Waals surface area contributed by atoms with Crippen LogP contribution in [0.3, 0.4) is 0 Å². The number of guanidine groups is 1. The van der Waals surface area contributed by atoms with Crippen molar-refractivity contribution in [3.63, 3.8) is 0 Å². The molecular weight excluding hydrogens is 390 g/mol. The normalized spacial score (nSPS) is 11.6. The summed E-state index contributed by atoms with van der Waals surface area (Å²) in [7, 11) is 1.71. The number of pyridine rings is 1. The summed E-state index contributed by atoms with van der Waals surface area (Å²) in [5.41, 5.74) is 4.27. The van der Waals surface area contributed by atoms with Gasteiger partial charge in [-0.05, 0) is 37.6 Å². The van der Waals surface area contributed by atoms with Crippen LogP contribution in [0, 0.1) is 6.92 Å². The highest BCUT2D eigenvalue weighted by Gasteiger charge is 2.06. The van der Waals surface area contributed by atoms with Gasteiger partial charge in [0.05, 0.1) is 18.8 Å². The molecule has 0 spiro atoms. The van der Waals surface area contributed by atoms with Gasteiger partial charge < -0.3 is 24.5 Å². The highest BCUT2D eigenvalue weighted by atomic mass is 16.5. The lowest BCUT2D eigenvalue weighted by atomic mass is 10.1. The summed E-state index contributed by atoms with van der Waals surface area (Å²) in [6.45, 7) is 7.56. The molecule has 0 bridgehead atoms. The summed E-state index contributed by atoms with van der Waals surface area (Å²) in [5.74, 6) is 1.68. The lowest BCUT2D eigenvalue weighted by molar-refractivity contribution is 0.172. The molecule has 2 aromatic heterocycles. The lowest BCUT2D eigenvalue weighted by Crippen LogP contribution is -2.38. The quantitative estimate of drug-likeness (QED) is 0.281. The van der Waals surface area contributed by atoms with Crippen molar-refractivity contribution in [3.8, 4) is 5.75 Å². The van der Waals surface area contributed by atoms with Gasteiger partial charge >= 0.3 is 0 Å². The summed E-state index contributed by atoms with van der Waals surface area (Å²) in [5, 5.41) is 6.72. The van der Waals surface area contributed by atoms with E-state index in [1.807, 2.05) is 28.8 Å². The van der Waals surface area contributed by atoms with Crippen LogP contribution < -0.4 is 15.4 Å². The zero-order valence-electron chi connectivity index (χ0n) is 18.7. The Morgan fingerprint density at radius 3 is 2.87 bits per heavy atom. The van der Waals surface area contributed by atoms with E-state index in [9.17, 15) is 0 Å². The van der Waals surface area contributed by atoms with Gasteiger partial charge in [0.15, 0.2) is 5.96 Å². The molecule has 0 aliphatic rings. The number of nitrogens with zero attached hydrogens (tertiary/aromatic N) is 3. The first kappa shape index (κ1) is 22.6. The number of aryl methyl sites for hydroxylation is 1. The molecule has 166 valence electrons. The Morgan fingerprint density at radius 1 is 1.16 bits per heavy atom. The van der Waals surface area contributed by atoms with Gasteiger partial charge in [0, 0.05) is 57.6 Å². The zero-order chi connectivity index (χ0) is 21.9. The van der Waals surface area contributed by atoms with E-state index < -0.39 is 0 Å². The van der Waals surface area contributed by atoms with Crippen molar-refractivity contribution in [3.05, 3.63) is 65.6 Å². The van der Waals surface area contributed by atoms with E-state index in [0.717, 1.165) is 54.5 Å². The first-order valence-electron chi connectivity index (χ1n) is 10.9. The summed E-state index contributed by atoms with van der Waals surface area (Å²) >= 11 is 0. The van der Waals surface area contributed by atoms with Gasteiger partial charge in [-0.15, -0.1) is 0 Å². The molecule has 3 rings (SSSR count). The van der Waals surface area contributed by atoms with Crippen LogP contribution in [0.5, 0.6) is 5.75 Å². The molecule has 0 radical (unpaired) electrons. The smallest absolute Gasteiger partial charge is 0.191 e. The predicted octanol–water partition coefficient (Wildman–Crippen LogP) is 3.36. The lowest BCUT2D eigenvalue weighted by Gasteiger charge is -2.13. The molecule has 1 aromatic carbocycles. The van der Waals surface area contributed by atoms with Crippen LogP contribution in [0.25, 0.3) is 5.65 Å². The maximum Gasteiger partial charge on any atom is 0.191 e. The molecule has 0 fully saturated rings. The second kappa shape index (κ2) is 12.0. The van der Waals surface area contributed by atoms with Gasteiger partial charge in [-0.2, -0.15) is 0 Å². The van der Waals surface area contributed by atoms with Crippen molar-refractivity contribution in [1.29, 1.82) is 0 Å². The number of ether oxygens (including phenoxy) is 2. The van der Waals surface area contributed by atoms with Gasteiger partial charge in [0.2, 0.25) is 0 Å². The largest absolute Gasteiger partial charge is 0.493 e. The third-order valence-electron chi connectivity index (χ3n) is 4.81. The first-order chi connectivity index (χ1) is 15.2. The summed E-state index contributed by atoms with van der Waals surface area (Å²) in [4.78, 5) is 9.40. The number of imidazole rings is 1. The van der Waals surface area contributed by atoms with E-state index in [-0.39, 0.29) is 0 Å². The Bertz CT molecular complexity index is 950. The Hall–Kier alpha value is -3.06. The average molecular weight is 424 g/mol. The molecule has 2 N–H and O–H groups in total. The summed E-state index contributed by atoms with van der Waals surface area (Å²) < 4.78 is 13.1. The number of nitrogens with one attached hydrogen (secondary N) is 2. The molecule has 31 heavy (non-hydrogen) atoms. The predicted molar refractivity (Wildman–Crippen MR) is 125 cm³/mol. The number of rotatable bonds is 11. The summed E-state index contributed by atoms with van der Waals surface area (Å²) in [6.07, 6.45) is 5.77. The minimum Gasteiger partial charge on any atom is -0.493 e. The zero-order valence-corrected chi connectivity index (χ0v) is 18.7. The molecule has 0 atom stereocenters. The minimum absolute atomic E-state index is 0.545. The molecule has 0 amide bonds. The molecule has 0 saturated heterocycles. The van der Waals surface area contributed by atoms with Gasteiger partial charge in [0.25, 0.3) is 0 Å². The second-order valence-electron chi connectivity index (χ2n) is 7.38. The van der Waals surface area contributed by atoms with Crippen molar-refractivity contribution in [2.45, 2.75) is 33.2 Å². The first-order valence-corrected chi connectivity index (χ1v) is 10.9. The van der Waals surface area contributed by atoms with Crippen LogP contribution >= 0.6 is 0 Å². The highest BCUT2D eigenvalue weighted by molar-refractivity contribution is 5.79. The van der Waals surface area contributed by atoms with Crippen molar-refractivity contribution < 1.29 is 9.47 Å². The minimum atomic E-state index is 0.545. The fourth-order valence-corrected chi connectivity index (χ4v) is 3.23. The maximum atomic E-state index is 5.98. The molecule has 0 saturated carbocycles.